The fourth-order valence-corrected chi connectivity index (χ4v) is 3.92. The van der Waals surface area contributed by atoms with Crippen molar-refractivity contribution in [3.63, 3.8) is 0 Å². The molecule has 3 aromatic rings. The molecule has 28 heavy (non-hydrogen) atoms. The smallest absolute Gasteiger partial charge is 0.287 e. The predicted molar refractivity (Wildman–Crippen MR) is 118 cm³/mol. The quantitative estimate of drug-likeness (QED) is 0.376. The highest BCUT2D eigenvalue weighted by atomic mass is 127. The maximum absolute atomic E-state index is 12.5. The third-order valence-corrected chi connectivity index (χ3v) is 5.07. The molecule has 0 unspecified atom stereocenters. The van der Waals surface area contributed by atoms with E-state index in [0.717, 1.165) is 31.7 Å². The van der Waals surface area contributed by atoms with E-state index >= 15 is 0 Å². The molecular formula is C20H20IN3O3S. The van der Waals surface area contributed by atoms with E-state index in [4.69, 9.17) is 21.4 Å². The van der Waals surface area contributed by atoms with Gasteiger partial charge in [0.2, 0.25) is 5.91 Å². The monoisotopic (exact) mass is 509 g/mol. The van der Waals surface area contributed by atoms with Crippen molar-refractivity contribution >= 4 is 46.4 Å². The molecule has 0 atom stereocenters. The number of aromatic nitrogens is 2. The second kappa shape index (κ2) is 8.87. The Labute approximate surface area is 182 Å². The number of rotatable bonds is 6. The number of amides is 1. The molecule has 146 valence electrons. The van der Waals surface area contributed by atoms with Crippen molar-refractivity contribution in [3.05, 3.63) is 67.4 Å². The second-order valence-electron chi connectivity index (χ2n) is 6.44. The molecule has 0 spiro atoms. The topological polar surface area (TPSA) is 69.3 Å². The summed E-state index contributed by atoms with van der Waals surface area (Å²) in [6.07, 6.45) is 0. The Bertz CT molecular complexity index is 1050. The van der Waals surface area contributed by atoms with Crippen LogP contribution in [0.1, 0.15) is 22.6 Å². The Hall–Kier alpha value is -2.20. The van der Waals surface area contributed by atoms with Gasteiger partial charge in [-0.2, -0.15) is 0 Å². The first-order valence-electron chi connectivity index (χ1n) is 8.65. The summed E-state index contributed by atoms with van der Waals surface area (Å²) in [6.45, 7) is 6.00. The first-order valence-corrected chi connectivity index (χ1v) is 10.1. The highest BCUT2D eigenvalue weighted by Gasteiger charge is 2.13. The number of anilines is 1. The van der Waals surface area contributed by atoms with E-state index in [9.17, 15) is 4.79 Å². The summed E-state index contributed by atoms with van der Waals surface area (Å²) < 4.78 is 13.7. The van der Waals surface area contributed by atoms with Gasteiger partial charge >= 0.3 is 0 Å². The maximum atomic E-state index is 12.5. The van der Waals surface area contributed by atoms with E-state index in [1.165, 1.54) is 4.68 Å². The van der Waals surface area contributed by atoms with Crippen LogP contribution in [0.5, 0.6) is 5.75 Å². The van der Waals surface area contributed by atoms with Crippen molar-refractivity contribution in [2.45, 2.75) is 33.9 Å². The molecule has 0 saturated carbocycles. The molecule has 1 amide bonds. The van der Waals surface area contributed by atoms with Crippen LogP contribution in [0.25, 0.3) is 0 Å². The van der Waals surface area contributed by atoms with Crippen molar-refractivity contribution in [1.82, 2.24) is 9.78 Å². The molecule has 3 rings (SSSR count). The zero-order valence-electron chi connectivity index (χ0n) is 15.8. The van der Waals surface area contributed by atoms with E-state index in [1.807, 2.05) is 57.2 Å². The number of aryl methyl sites for hydroxylation is 3. The van der Waals surface area contributed by atoms with E-state index in [0.29, 0.717) is 5.89 Å². The number of nitrogens with zero attached hydrogens (tertiary/aromatic N) is 2. The summed E-state index contributed by atoms with van der Waals surface area (Å²) in [4.78, 5) is 12.6. The number of benzene rings is 2. The van der Waals surface area contributed by atoms with Crippen LogP contribution >= 0.6 is 34.8 Å². The molecule has 0 saturated heterocycles. The molecule has 1 heterocycles. The van der Waals surface area contributed by atoms with Crippen molar-refractivity contribution in [1.29, 1.82) is 0 Å². The van der Waals surface area contributed by atoms with Crippen LogP contribution in [0.2, 0.25) is 0 Å². The summed E-state index contributed by atoms with van der Waals surface area (Å²) in [5.41, 5.74) is 3.84. The molecule has 1 N–H and O–H groups in total. The minimum Gasteiger partial charge on any atom is -0.484 e. The van der Waals surface area contributed by atoms with Gasteiger partial charge < -0.3 is 14.5 Å². The first kappa shape index (κ1) is 20.5. The fourth-order valence-electron chi connectivity index (χ4n) is 2.79. The average Bonchev–Trinajstić information content (AvgIpc) is 2.97. The standard InChI is InChI=1S/C20H20IN3O3S/c1-12-6-4-5-7-16(12)26-11-18-23-24(20(28)27-18)10-17(25)22-19-13(2)8-15(21)9-14(19)3/h4-9H,10-11H2,1-3H3,(H,22,25). The number of carbonyl (C=O) groups excluding carboxylic acids is 1. The molecule has 0 aliphatic carbocycles. The largest absolute Gasteiger partial charge is 0.484 e. The molecule has 0 fully saturated rings. The third kappa shape index (κ3) is 4.99. The molecule has 0 bridgehead atoms. The Morgan fingerprint density at radius 1 is 1.21 bits per heavy atom. The lowest BCUT2D eigenvalue weighted by molar-refractivity contribution is -0.117. The Morgan fingerprint density at radius 3 is 2.57 bits per heavy atom. The number of hydrogen-bond donors (Lipinski definition) is 1. The van der Waals surface area contributed by atoms with Crippen molar-refractivity contribution in [3.8, 4) is 5.75 Å². The number of ether oxygens (including phenoxy) is 1. The molecule has 0 radical (unpaired) electrons. The van der Waals surface area contributed by atoms with Gasteiger partial charge in [-0.1, -0.05) is 18.2 Å². The summed E-state index contributed by atoms with van der Waals surface area (Å²) in [7, 11) is 0. The summed E-state index contributed by atoms with van der Waals surface area (Å²) in [5.74, 6) is 0.853. The van der Waals surface area contributed by atoms with Crippen LogP contribution in [-0.2, 0) is 17.9 Å². The number of halogens is 1. The second-order valence-corrected chi connectivity index (χ2v) is 8.03. The van der Waals surface area contributed by atoms with Crippen molar-refractivity contribution < 1.29 is 13.9 Å². The van der Waals surface area contributed by atoms with Gasteiger partial charge in [-0.05, 0) is 90.5 Å². The number of hydrogen-bond acceptors (Lipinski definition) is 5. The van der Waals surface area contributed by atoms with Crippen LogP contribution in [0.15, 0.2) is 40.8 Å². The SMILES string of the molecule is Cc1ccccc1OCc1nn(CC(=O)Nc2c(C)cc(I)cc2C)c(=S)o1. The molecule has 0 aliphatic rings. The average molecular weight is 509 g/mol. The summed E-state index contributed by atoms with van der Waals surface area (Å²) >= 11 is 7.43. The van der Waals surface area contributed by atoms with Crippen LogP contribution in [-0.4, -0.2) is 15.7 Å². The normalized spacial score (nSPS) is 10.7. The number of carbonyl (C=O) groups is 1. The van der Waals surface area contributed by atoms with E-state index in [2.05, 4.69) is 33.0 Å². The van der Waals surface area contributed by atoms with Crippen LogP contribution < -0.4 is 10.1 Å². The van der Waals surface area contributed by atoms with Gasteiger partial charge in [0.15, 0.2) is 6.61 Å². The number of nitrogens with one attached hydrogen (secondary N) is 1. The molecule has 0 aliphatic heterocycles. The van der Waals surface area contributed by atoms with Gasteiger partial charge in [0.25, 0.3) is 10.7 Å². The van der Waals surface area contributed by atoms with Crippen molar-refractivity contribution in [2.24, 2.45) is 0 Å². The zero-order valence-corrected chi connectivity index (χ0v) is 18.8. The van der Waals surface area contributed by atoms with Crippen molar-refractivity contribution in [2.75, 3.05) is 5.32 Å². The van der Waals surface area contributed by atoms with Crippen LogP contribution in [0, 0.1) is 29.2 Å². The Balaban J connectivity index is 1.66. The van der Waals surface area contributed by atoms with Gasteiger partial charge in [0, 0.05) is 9.26 Å². The minimum absolute atomic E-state index is 0.0302. The van der Waals surface area contributed by atoms with Gasteiger partial charge in [0.05, 0.1) is 0 Å². The Kier molecular flexibility index (Phi) is 6.50. The molecular weight excluding hydrogens is 489 g/mol. The van der Waals surface area contributed by atoms with Gasteiger partial charge in [-0.15, -0.1) is 5.10 Å². The van der Waals surface area contributed by atoms with Gasteiger partial charge in [-0.3, -0.25) is 4.79 Å². The Morgan fingerprint density at radius 2 is 1.89 bits per heavy atom. The van der Waals surface area contributed by atoms with Gasteiger partial charge in [0.1, 0.15) is 12.3 Å². The molecule has 6 nitrogen and oxygen atoms in total. The van der Waals surface area contributed by atoms with E-state index in [1.54, 1.807) is 0 Å². The molecule has 8 heteroatoms. The van der Waals surface area contributed by atoms with Crippen LogP contribution in [0.3, 0.4) is 0 Å². The predicted octanol–water partition coefficient (Wildman–Crippen LogP) is 4.95. The van der Waals surface area contributed by atoms with E-state index < -0.39 is 0 Å². The fraction of sp³-hybridized carbons (Fsp3) is 0.250. The first-order chi connectivity index (χ1) is 13.3. The maximum Gasteiger partial charge on any atom is 0.287 e. The lowest BCUT2D eigenvalue weighted by atomic mass is 10.1. The lowest BCUT2D eigenvalue weighted by Crippen LogP contribution is -2.21. The highest BCUT2D eigenvalue weighted by molar-refractivity contribution is 14.1. The molecule has 1 aromatic heterocycles. The third-order valence-electron chi connectivity index (χ3n) is 4.15. The van der Waals surface area contributed by atoms with Crippen LogP contribution in [0.4, 0.5) is 5.69 Å². The minimum atomic E-state index is -0.219. The summed E-state index contributed by atoms with van der Waals surface area (Å²) in [6, 6.07) is 11.7. The zero-order chi connectivity index (χ0) is 20.3. The van der Waals surface area contributed by atoms with E-state index in [-0.39, 0.29) is 23.9 Å². The lowest BCUT2D eigenvalue weighted by Gasteiger charge is -2.12. The summed E-state index contributed by atoms with van der Waals surface area (Å²) in [5, 5.41) is 7.19. The number of para-hydroxylation sites is 1. The highest BCUT2D eigenvalue weighted by Crippen LogP contribution is 2.23. The van der Waals surface area contributed by atoms with Gasteiger partial charge in [-0.25, -0.2) is 4.68 Å². The molecule has 2 aromatic carbocycles.